The molecular weight excluding hydrogens is 220 g/mol. The van der Waals surface area contributed by atoms with Crippen LogP contribution in [0.3, 0.4) is 0 Å². The molecule has 2 aromatic rings. The number of thiophene rings is 1. The summed E-state index contributed by atoms with van der Waals surface area (Å²) in [6, 6.07) is 7.62. The summed E-state index contributed by atoms with van der Waals surface area (Å²) in [6.07, 6.45) is 3.50. The number of pyridine rings is 1. The number of primary amides is 1. The molecule has 0 fully saturated rings. The summed E-state index contributed by atoms with van der Waals surface area (Å²) in [6.45, 7) is 3.65. The van der Waals surface area contributed by atoms with E-state index in [0.29, 0.717) is 5.57 Å². The Kier molecular flexibility index (Phi) is 2.83. The Morgan fingerprint density at radius 2 is 2.19 bits per heavy atom. The summed E-state index contributed by atoms with van der Waals surface area (Å²) in [5, 5.41) is 0. The molecule has 0 aliphatic carbocycles. The molecule has 16 heavy (non-hydrogen) atoms. The minimum Gasteiger partial charge on any atom is -0.366 e. The van der Waals surface area contributed by atoms with E-state index in [1.165, 1.54) is 11.3 Å². The van der Waals surface area contributed by atoms with Crippen LogP contribution in [-0.4, -0.2) is 10.9 Å². The molecule has 0 saturated heterocycles. The molecule has 0 atom stereocenters. The zero-order valence-electron chi connectivity index (χ0n) is 8.51. The van der Waals surface area contributed by atoms with Gasteiger partial charge in [-0.2, -0.15) is 0 Å². The van der Waals surface area contributed by atoms with E-state index < -0.39 is 5.91 Å². The number of carbonyl (C=O) groups excluding carboxylic acids is 1. The molecule has 0 aliphatic heterocycles. The normalized spacial score (nSPS) is 10.0. The molecule has 0 saturated carbocycles. The van der Waals surface area contributed by atoms with Gasteiger partial charge in [0, 0.05) is 33.3 Å². The van der Waals surface area contributed by atoms with Crippen LogP contribution < -0.4 is 5.73 Å². The van der Waals surface area contributed by atoms with Gasteiger partial charge in [0.2, 0.25) is 5.91 Å². The molecule has 80 valence electrons. The fourth-order valence-corrected chi connectivity index (χ4v) is 2.26. The molecule has 0 aliphatic rings. The number of aromatic nitrogens is 1. The Balaban J connectivity index is 2.34. The van der Waals surface area contributed by atoms with Crippen molar-refractivity contribution in [1.82, 2.24) is 4.98 Å². The maximum Gasteiger partial charge on any atom is 0.249 e. The minimum absolute atomic E-state index is 0.347. The first-order chi connectivity index (χ1) is 7.68. The van der Waals surface area contributed by atoms with Crippen molar-refractivity contribution in [2.45, 2.75) is 0 Å². The molecule has 0 spiro atoms. The lowest BCUT2D eigenvalue weighted by atomic mass is 10.2. The van der Waals surface area contributed by atoms with Crippen LogP contribution in [-0.2, 0) is 4.79 Å². The van der Waals surface area contributed by atoms with E-state index in [0.717, 1.165) is 15.3 Å². The maximum atomic E-state index is 11.0. The van der Waals surface area contributed by atoms with Gasteiger partial charge in [-0.25, -0.2) is 0 Å². The number of hydrogen-bond acceptors (Lipinski definition) is 3. The van der Waals surface area contributed by atoms with Gasteiger partial charge in [0.25, 0.3) is 0 Å². The van der Waals surface area contributed by atoms with Crippen LogP contribution in [0.1, 0.15) is 4.88 Å². The van der Waals surface area contributed by atoms with Crippen molar-refractivity contribution >= 4 is 22.8 Å². The number of nitrogens with zero attached hydrogens (tertiary/aromatic N) is 1. The summed E-state index contributed by atoms with van der Waals surface area (Å²) in [7, 11) is 0. The third kappa shape index (κ3) is 2.01. The van der Waals surface area contributed by atoms with Crippen molar-refractivity contribution in [2.75, 3.05) is 0 Å². The molecule has 2 heterocycles. The smallest absolute Gasteiger partial charge is 0.249 e. The number of carbonyl (C=O) groups is 1. The highest BCUT2D eigenvalue weighted by atomic mass is 32.1. The maximum absolute atomic E-state index is 11.0. The van der Waals surface area contributed by atoms with Crippen molar-refractivity contribution < 1.29 is 4.79 Å². The highest BCUT2D eigenvalue weighted by Gasteiger charge is 2.09. The summed E-state index contributed by atoms with van der Waals surface area (Å²) in [5.41, 5.74) is 6.54. The van der Waals surface area contributed by atoms with Gasteiger partial charge in [-0.15, -0.1) is 11.3 Å². The van der Waals surface area contributed by atoms with Crippen LogP contribution in [0.4, 0.5) is 0 Å². The second kappa shape index (κ2) is 4.28. The molecule has 4 heteroatoms. The second-order valence-electron chi connectivity index (χ2n) is 3.25. The summed E-state index contributed by atoms with van der Waals surface area (Å²) >= 11 is 1.48. The quantitative estimate of drug-likeness (QED) is 0.822. The fraction of sp³-hybridized carbons (Fsp3) is 0. The molecule has 0 bridgehead atoms. The molecule has 2 rings (SSSR count). The van der Waals surface area contributed by atoms with Crippen molar-refractivity contribution in [1.29, 1.82) is 0 Å². The van der Waals surface area contributed by atoms with Gasteiger partial charge in [0.05, 0.1) is 0 Å². The molecular formula is C12H10N2OS. The Morgan fingerprint density at radius 3 is 2.81 bits per heavy atom. The van der Waals surface area contributed by atoms with E-state index in [4.69, 9.17) is 5.73 Å². The van der Waals surface area contributed by atoms with Crippen molar-refractivity contribution in [3.63, 3.8) is 0 Å². The van der Waals surface area contributed by atoms with Crippen molar-refractivity contribution in [3.8, 4) is 10.4 Å². The van der Waals surface area contributed by atoms with Gasteiger partial charge in [-0.05, 0) is 18.2 Å². The topological polar surface area (TPSA) is 56.0 Å². The minimum atomic E-state index is -0.486. The Hall–Kier alpha value is -1.94. The number of amides is 1. The van der Waals surface area contributed by atoms with Gasteiger partial charge in [0.1, 0.15) is 0 Å². The highest BCUT2D eigenvalue weighted by molar-refractivity contribution is 7.16. The molecule has 1 amide bonds. The third-order valence-electron chi connectivity index (χ3n) is 2.15. The van der Waals surface area contributed by atoms with Gasteiger partial charge in [-0.3, -0.25) is 9.78 Å². The average molecular weight is 230 g/mol. The van der Waals surface area contributed by atoms with E-state index >= 15 is 0 Å². The van der Waals surface area contributed by atoms with E-state index in [1.54, 1.807) is 12.4 Å². The van der Waals surface area contributed by atoms with Gasteiger partial charge >= 0.3 is 0 Å². The molecule has 3 nitrogen and oxygen atoms in total. The Labute approximate surface area is 97.3 Å². The molecule has 0 radical (unpaired) electrons. The van der Waals surface area contributed by atoms with E-state index in [1.807, 2.05) is 24.3 Å². The standard InChI is InChI=1S/C12H10N2OS/c1-8(12(13)15)10-4-5-11(16-10)9-3-2-6-14-7-9/h2-7H,1H2,(H2,13,15). The fourth-order valence-electron chi connectivity index (χ4n) is 1.29. The summed E-state index contributed by atoms with van der Waals surface area (Å²) < 4.78 is 0. The monoisotopic (exact) mass is 230 g/mol. The zero-order valence-corrected chi connectivity index (χ0v) is 9.33. The van der Waals surface area contributed by atoms with E-state index in [9.17, 15) is 4.79 Å². The van der Waals surface area contributed by atoms with Crippen LogP contribution in [0, 0.1) is 0 Å². The number of nitrogens with two attached hydrogens (primary N) is 1. The van der Waals surface area contributed by atoms with Crippen LogP contribution in [0.5, 0.6) is 0 Å². The summed E-state index contributed by atoms with van der Waals surface area (Å²) in [4.78, 5) is 16.8. The molecule has 0 aromatic carbocycles. The lowest BCUT2D eigenvalue weighted by Crippen LogP contribution is -2.10. The van der Waals surface area contributed by atoms with Gasteiger partial charge in [0.15, 0.2) is 0 Å². The lowest BCUT2D eigenvalue weighted by Gasteiger charge is -1.96. The highest BCUT2D eigenvalue weighted by Crippen LogP contribution is 2.30. The SMILES string of the molecule is C=C(C(N)=O)c1ccc(-c2cccnc2)s1. The van der Waals surface area contributed by atoms with Gasteiger partial charge in [-0.1, -0.05) is 12.6 Å². The lowest BCUT2D eigenvalue weighted by molar-refractivity contribution is -0.112. The number of rotatable bonds is 3. The first-order valence-electron chi connectivity index (χ1n) is 4.68. The predicted molar refractivity (Wildman–Crippen MR) is 65.8 cm³/mol. The third-order valence-corrected chi connectivity index (χ3v) is 3.34. The summed E-state index contributed by atoms with van der Waals surface area (Å²) in [5.74, 6) is -0.486. The van der Waals surface area contributed by atoms with Crippen LogP contribution >= 0.6 is 11.3 Å². The Bertz CT molecular complexity index is 531. The molecule has 2 aromatic heterocycles. The Morgan fingerprint density at radius 1 is 1.38 bits per heavy atom. The van der Waals surface area contributed by atoms with E-state index in [2.05, 4.69) is 11.6 Å². The molecule has 2 N–H and O–H groups in total. The zero-order chi connectivity index (χ0) is 11.5. The van der Waals surface area contributed by atoms with Crippen LogP contribution in [0.2, 0.25) is 0 Å². The first-order valence-corrected chi connectivity index (χ1v) is 5.49. The number of hydrogen-bond donors (Lipinski definition) is 1. The first kappa shape index (κ1) is 10.6. The average Bonchev–Trinajstić information content (AvgIpc) is 2.78. The van der Waals surface area contributed by atoms with Crippen molar-refractivity contribution in [3.05, 3.63) is 48.1 Å². The largest absolute Gasteiger partial charge is 0.366 e. The van der Waals surface area contributed by atoms with Gasteiger partial charge < -0.3 is 5.73 Å². The molecule has 0 unspecified atom stereocenters. The van der Waals surface area contributed by atoms with Crippen LogP contribution in [0.15, 0.2) is 43.2 Å². The van der Waals surface area contributed by atoms with Crippen molar-refractivity contribution in [2.24, 2.45) is 5.73 Å². The second-order valence-corrected chi connectivity index (χ2v) is 4.33. The van der Waals surface area contributed by atoms with Crippen LogP contribution in [0.25, 0.3) is 16.0 Å². The predicted octanol–water partition coefficient (Wildman–Crippen LogP) is 2.31. The van der Waals surface area contributed by atoms with E-state index in [-0.39, 0.29) is 0 Å².